The second-order valence-corrected chi connectivity index (χ2v) is 7.80. The van der Waals surface area contributed by atoms with E-state index in [2.05, 4.69) is 22.3 Å². The van der Waals surface area contributed by atoms with Crippen LogP contribution in [-0.2, 0) is 13.0 Å². The maximum absolute atomic E-state index is 9.73. The van der Waals surface area contributed by atoms with Crippen LogP contribution in [0.4, 0.5) is 5.82 Å². The van der Waals surface area contributed by atoms with Gasteiger partial charge in [0.2, 0.25) is 0 Å². The molecule has 2 heterocycles. The van der Waals surface area contributed by atoms with E-state index in [1.165, 1.54) is 12.0 Å². The molecule has 2 N–H and O–H groups in total. The van der Waals surface area contributed by atoms with Crippen LogP contribution in [0.3, 0.4) is 0 Å². The molecular weight excluding hydrogens is 376 g/mol. The average molecular weight is 407 g/mol. The number of para-hydroxylation sites is 2. The Morgan fingerprint density at radius 3 is 2.80 bits per heavy atom. The Kier molecular flexibility index (Phi) is 6.77. The standard InChI is InChI=1S/C24H30N4O2/c1-30-22-12-5-2-8-18(22)13-14-25-24-20-10-3-4-11-21(20)26-23(27-24)16-28-15-7-6-9-19(28)17-29/h2-5,8,10-12,19,29H,6-7,9,13-17H2,1H3,(H,25,26,27). The van der Waals surface area contributed by atoms with E-state index in [1.54, 1.807) is 7.11 Å². The van der Waals surface area contributed by atoms with Crippen LogP contribution in [0.2, 0.25) is 0 Å². The fourth-order valence-electron chi connectivity index (χ4n) is 4.21. The molecule has 0 spiro atoms. The van der Waals surface area contributed by atoms with E-state index in [0.717, 1.165) is 60.6 Å². The molecule has 0 saturated carbocycles. The number of hydrogen-bond acceptors (Lipinski definition) is 6. The van der Waals surface area contributed by atoms with Crippen LogP contribution >= 0.6 is 0 Å². The highest BCUT2D eigenvalue weighted by atomic mass is 16.5. The molecule has 1 aromatic heterocycles. The lowest BCUT2D eigenvalue weighted by Crippen LogP contribution is -2.41. The molecule has 4 rings (SSSR count). The largest absolute Gasteiger partial charge is 0.496 e. The van der Waals surface area contributed by atoms with Gasteiger partial charge in [0.05, 0.1) is 25.8 Å². The van der Waals surface area contributed by atoms with E-state index in [9.17, 15) is 5.11 Å². The Morgan fingerprint density at radius 1 is 1.10 bits per heavy atom. The summed E-state index contributed by atoms with van der Waals surface area (Å²) in [5.41, 5.74) is 2.12. The van der Waals surface area contributed by atoms with Gasteiger partial charge in [-0.15, -0.1) is 0 Å². The predicted octanol–water partition coefficient (Wildman–Crippen LogP) is 3.64. The number of hydrogen-bond donors (Lipinski definition) is 2. The van der Waals surface area contributed by atoms with E-state index in [1.807, 2.05) is 36.4 Å². The van der Waals surface area contributed by atoms with Crippen LogP contribution in [-0.4, -0.2) is 52.8 Å². The number of ether oxygens (including phenoxy) is 1. The Bertz CT molecular complexity index is 978. The minimum atomic E-state index is 0.192. The zero-order chi connectivity index (χ0) is 20.8. The predicted molar refractivity (Wildman–Crippen MR) is 120 cm³/mol. The first-order chi connectivity index (χ1) is 14.8. The third-order valence-corrected chi connectivity index (χ3v) is 5.83. The number of nitrogens with one attached hydrogen (secondary N) is 1. The average Bonchev–Trinajstić information content (AvgIpc) is 2.79. The van der Waals surface area contributed by atoms with Gasteiger partial charge >= 0.3 is 0 Å². The Labute approximate surface area is 177 Å². The molecule has 1 saturated heterocycles. The molecule has 6 heteroatoms. The summed E-state index contributed by atoms with van der Waals surface area (Å²) >= 11 is 0. The summed E-state index contributed by atoms with van der Waals surface area (Å²) in [6.45, 7) is 2.59. The maximum atomic E-state index is 9.73. The van der Waals surface area contributed by atoms with E-state index in [0.29, 0.717) is 6.54 Å². The molecule has 3 aromatic rings. The van der Waals surface area contributed by atoms with Crippen molar-refractivity contribution >= 4 is 16.7 Å². The van der Waals surface area contributed by atoms with Gasteiger partial charge in [-0.25, -0.2) is 9.97 Å². The molecule has 0 bridgehead atoms. The monoisotopic (exact) mass is 406 g/mol. The van der Waals surface area contributed by atoms with Crippen molar-refractivity contribution in [3.63, 3.8) is 0 Å². The second kappa shape index (κ2) is 9.87. The highest BCUT2D eigenvalue weighted by Gasteiger charge is 2.23. The van der Waals surface area contributed by atoms with Gasteiger partial charge in [0.15, 0.2) is 0 Å². The molecule has 1 aliphatic heterocycles. The van der Waals surface area contributed by atoms with Gasteiger partial charge in [0.25, 0.3) is 0 Å². The first-order valence-corrected chi connectivity index (χ1v) is 10.7. The minimum Gasteiger partial charge on any atom is -0.496 e. The molecule has 158 valence electrons. The number of rotatable bonds is 8. The molecule has 1 fully saturated rings. The smallest absolute Gasteiger partial charge is 0.145 e. The Morgan fingerprint density at radius 2 is 1.93 bits per heavy atom. The fourth-order valence-corrected chi connectivity index (χ4v) is 4.21. The van der Waals surface area contributed by atoms with Gasteiger partial charge in [-0.3, -0.25) is 4.90 Å². The van der Waals surface area contributed by atoms with Crippen LogP contribution in [0.1, 0.15) is 30.7 Å². The lowest BCUT2D eigenvalue weighted by Gasteiger charge is -2.34. The number of piperidine rings is 1. The zero-order valence-corrected chi connectivity index (χ0v) is 17.6. The fraction of sp³-hybridized carbons (Fsp3) is 0.417. The molecule has 0 radical (unpaired) electrons. The summed E-state index contributed by atoms with van der Waals surface area (Å²) in [5, 5.41) is 14.3. The maximum Gasteiger partial charge on any atom is 0.145 e. The minimum absolute atomic E-state index is 0.192. The van der Waals surface area contributed by atoms with Crippen molar-refractivity contribution in [3.8, 4) is 5.75 Å². The van der Waals surface area contributed by atoms with Crippen LogP contribution in [0.15, 0.2) is 48.5 Å². The van der Waals surface area contributed by atoms with Gasteiger partial charge in [-0.2, -0.15) is 0 Å². The van der Waals surface area contributed by atoms with Crippen LogP contribution in [0.25, 0.3) is 10.9 Å². The number of nitrogens with zero attached hydrogens (tertiary/aromatic N) is 3. The van der Waals surface area contributed by atoms with Crippen molar-refractivity contribution < 1.29 is 9.84 Å². The molecule has 1 aliphatic rings. The molecule has 2 aromatic carbocycles. The quantitative estimate of drug-likeness (QED) is 0.595. The molecule has 1 unspecified atom stereocenters. The number of fused-ring (bicyclic) bond motifs is 1. The topological polar surface area (TPSA) is 70.5 Å². The van der Waals surface area contributed by atoms with Gasteiger partial charge in [-0.05, 0) is 49.6 Å². The molecule has 6 nitrogen and oxygen atoms in total. The lowest BCUT2D eigenvalue weighted by molar-refractivity contribution is 0.0820. The third kappa shape index (κ3) is 4.71. The summed E-state index contributed by atoms with van der Waals surface area (Å²) in [5.74, 6) is 2.57. The summed E-state index contributed by atoms with van der Waals surface area (Å²) in [6.07, 6.45) is 4.22. The molecule has 30 heavy (non-hydrogen) atoms. The zero-order valence-electron chi connectivity index (χ0n) is 17.6. The van der Waals surface area contributed by atoms with Gasteiger partial charge in [0, 0.05) is 18.0 Å². The van der Waals surface area contributed by atoms with Crippen molar-refractivity contribution in [2.75, 3.05) is 32.1 Å². The molecule has 1 atom stereocenters. The Hall–Kier alpha value is -2.70. The second-order valence-electron chi connectivity index (χ2n) is 7.80. The van der Waals surface area contributed by atoms with Gasteiger partial charge in [-0.1, -0.05) is 36.8 Å². The Balaban J connectivity index is 1.53. The van der Waals surface area contributed by atoms with E-state index < -0.39 is 0 Å². The number of benzene rings is 2. The highest BCUT2D eigenvalue weighted by molar-refractivity contribution is 5.88. The van der Waals surface area contributed by atoms with E-state index >= 15 is 0 Å². The third-order valence-electron chi connectivity index (χ3n) is 5.83. The first kappa shape index (κ1) is 20.6. The number of aromatic nitrogens is 2. The first-order valence-electron chi connectivity index (χ1n) is 10.7. The summed E-state index contributed by atoms with van der Waals surface area (Å²) in [4.78, 5) is 12.0. The van der Waals surface area contributed by atoms with Gasteiger partial charge < -0.3 is 15.2 Å². The number of likely N-dealkylation sites (tertiary alicyclic amines) is 1. The number of anilines is 1. The van der Waals surface area contributed by atoms with E-state index in [4.69, 9.17) is 14.7 Å². The van der Waals surface area contributed by atoms with Crippen LogP contribution < -0.4 is 10.1 Å². The van der Waals surface area contributed by atoms with Gasteiger partial charge in [0.1, 0.15) is 17.4 Å². The van der Waals surface area contributed by atoms with E-state index in [-0.39, 0.29) is 12.6 Å². The van der Waals surface area contributed by atoms with Crippen LogP contribution in [0.5, 0.6) is 5.75 Å². The number of methoxy groups -OCH3 is 1. The lowest BCUT2D eigenvalue weighted by atomic mass is 10.0. The van der Waals surface area contributed by atoms with Crippen molar-refractivity contribution in [2.24, 2.45) is 0 Å². The SMILES string of the molecule is COc1ccccc1CCNc1nc(CN2CCCCC2CO)nc2ccccc12. The molecule has 0 aliphatic carbocycles. The van der Waals surface area contributed by atoms with Crippen molar-refractivity contribution in [2.45, 2.75) is 38.3 Å². The molecule has 0 amide bonds. The number of aliphatic hydroxyl groups is 1. The number of aliphatic hydroxyl groups excluding tert-OH is 1. The molecular formula is C24H30N4O2. The van der Waals surface area contributed by atoms with Crippen molar-refractivity contribution in [3.05, 3.63) is 59.9 Å². The van der Waals surface area contributed by atoms with Crippen molar-refractivity contribution in [1.29, 1.82) is 0 Å². The summed E-state index contributed by atoms with van der Waals surface area (Å²) < 4.78 is 5.46. The summed E-state index contributed by atoms with van der Waals surface area (Å²) in [7, 11) is 1.71. The van der Waals surface area contributed by atoms with Crippen LogP contribution in [0, 0.1) is 0 Å². The highest BCUT2D eigenvalue weighted by Crippen LogP contribution is 2.24. The summed E-state index contributed by atoms with van der Waals surface area (Å²) in [6, 6.07) is 16.4. The van der Waals surface area contributed by atoms with Crippen molar-refractivity contribution in [1.82, 2.24) is 14.9 Å². The normalized spacial score (nSPS) is 17.2.